The van der Waals surface area contributed by atoms with Crippen molar-refractivity contribution in [3.05, 3.63) is 33.9 Å². The molecule has 20 heavy (non-hydrogen) atoms. The molecule has 108 valence electrons. The fourth-order valence-corrected chi connectivity index (χ4v) is 2.59. The number of carbonyl (C=O) groups excluding carboxylic acids is 1. The standard InChI is InChI=1S/C14H19N3O3/c1-10-5-3-4-8-16(10)14(18)11-6-7-12(15-2)13(9-11)17(19)20/h6-7,9-10,15H,3-5,8H2,1-2H3/t10-/m1/s1. The summed E-state index contributed by atoms with van der Waals surface area (Å²) >= 11 is 0. The highest BCUT2D eigenvalue weighted by Crippen LogP contribution is 2.27. The van der Waals surface area contributed by atoms with Gasteiger partial charge in [0.1, 0.15) is 5.69 Å². The Labute approximate surface area is 117 Å². The number of nitrogens with zero attached hydrogens (tertiary/aromatic N) is 2. The molecule has 0 aromatic heterocycles. The Balaban J connectivity index is 2.30. The zero-order valence-electron chi connectivity index (χ0n) is 11.8. The number of likely N-dealkylation sites (tertiary alicyclic amines) is 1. The van der Waals surface area contributed by atoms with Gasteiger partial charge in [0.2, 0.25) is 0 Å². The average molecular weight is 277 g/mol. The summed E-state index contributed by atoms with van der Waals surface area (Å²) in [4.78, 5) is 24.8. The number of anilines is 1. The molecule has 0 radical (unpaired) electrons. The number of nitro benzene ring substituents is 1. The lowest BCUT2D eigenvalue weighted by Crippen LogP contribution is -2.42. The van der Waals surface area contributed by atoms with Gasteiger partial charge in [0.25, 0.3) is 11.6 Å². The summed E-state index contributed by atoms with van der Waals surface area (Å²) in [6.07, 6.45) is 3.11. The van der Waals surface area contributed by atoms with Crippen LogP contribution in [0, 0.1) is 10.1 Å². The van der Waals surface area contributed by atoms with E-state index in [4.69, 9.17) is 0 Å². The van der Waals surface area contributed by atoms with Crippen LogP contribution in [0.2, 0.25) is 0 Å². The molecule has 1 aliphatic rings. The van der Waals surface area contributed by atoms with Gasteiger partial charge < -0.3 is 10.2 Å². The molecule has 0 unspecified atom stereocenters. The Morgan fingerprint density at radius 3 is 2.80 bits per heavy atom. The molecular weight excluding hydrogens is 258 g/mol. The van der Waals surface area contributed by atoms with Gasteiger partial charge in [-0.25, -0.2) is 0 Å². The van der Waals surface area contributed by atoms with E-state index in [-0.39, 0.29) is 17.6 Å². The van der Waals surface area contributed by atoms with Crippen molar-refractivity contribution >= 4 is 17.3 Å². The molecule has 0 bridgehead atoms. The smallest absolute Gasteiger partial charge is 0.293 e. The maximum absolute atomic E-state index is 12.5. The lowest BCUT2D eigenvalue weighted by molar-refractivity contribution is -0.384. The van der Waals surface area contributed by atoms with Crippen LogP contribution in [0.1, 0.15) is 36.5 Å². The monoisotopic (exact) mass is 277 g/mol. The molecule has 1 heterocycles. The fourth-order valence-electron chi connectivity index (χ4n) is 2.59. The first-order valence-electron chi connectivity index (χ1n) is 6.81. The van der Waals surface area contributed by atoms with E-state index in [0.717, 1.165) is 25.8 Å². The van der Waals surface area contributed by atoms with Crippen LogP contribution in [-0.4, -0.2) is 35.4 Å². The molecule has 0 saturated carbocycles. The first-order valence-corrected chi connectivity index (χ1v) is 6.81. The third-order valence-corrected chi connectivity index (χ3v) is 3.77. The molecular formula is C14H19N3O3. The van der Waals surface area contributed by atoms with Crippen LogP contribution in [0.3, 0.4) is 0 Å². The van der Waals surface area contributed by atoms with Crippen molar-refractivity contribution < 1.29 is 9.72 Å². The molecule has 1 aromatic carbocycles. The number of hydrogen-bond donors (Lipinski definition) is 1. The number of piperidine rings is 1. The van der Waals surface area contributed by atoms with Crippen LogP contribution in [-0.2, 0) is 0 Å². The Kier molecular flexibility index (Phi) is 4.22. The number of carbonyl (C=O) groups is 1. The predicted molar refractivity (Wildman–Crippen MR) is 77.0 cm³/mol. The Hall–Kier alpha value is -2.11. The summed E-state index contributed by atoms with van der Waals surface area (Å²) in [6.45, 7) is 2.75. The van der Waals surface area contributed by atoms with Crippen LogP contribution < -0.4 is 5.32 Å². The van der Waals surface area contributed by atoms with Crippen LogP contribution in [0.5, 0.6) is 0 Å². The van der Waals surface area contributed by atoms with Gasteiger partial charge >= 0.3 is 0 Å². The maximum atomic E-state index is 12.5. The van der Waals surface area contributed by atoms with Gasteiger partial charge in [-0.05, 0) is 38.3 Å². The van der Waals surface area contributed by atoms with E-state index in [1.54, 1.807) is 19.2 Å². The molecule has 2 rings (SSSR count). The molecule has 1 N–H and O–H groups in total. The number of rotatable bonds is 3. The molecule has 1 amide bonds. The highest BCUT2D eigenvalue weighted by molar-refractivity contribution is 5.96. The summed E-state index contributed by atoms with van der Waals surface area (Å²) in [7, 11) is 1.62. The Bertz CT molecular complexity index is 530. The number of benzene rings is 1. The van der Waals surface area contributed by atoms with E-state index in [9.17, 15) is 14.9 Å². The zero-order valence-corrected chi connectivity index (χ0v) is 11.8. The van der Waals surface area contributed by atoms with Gasteiger partial charge in [-0.15, -0.1) is 0 Å². The highest BCUT2D eigenvalue weighted by Gasteiger charge is 2.26. The third-order valence-electron chi connectivity index (χ3n) is 3.77. The number of nitro groups is 1. The lowest BCUT2D eigenvalue weighted by Gasteiger charge is -2.33. The summed E-state index contributed by atoms with van der Waals surface area (Å²) in [5, 5.41) is 13.8. The first-order chi connectivity index (χ1) is 9.54. The van der Waals surface area contributed by atoms with Gasteiger partial charge in [-0.3, -0.25) is 14.9 Å². The van der Waals surface area contributed by atoms with Crippen molar-refractivity contribution in [2.45, 2.75) is 32.2 Å². The van der Waals surface area contributed by atoms with Crippen molar-refractivity contribution in [1.82, 2.24) is 4.90 Å². The van der Waals surface area contributed by atoms with E-state index in [1.807, 2.05) is 11.8 Å². The number of amides is 1. The predicted octanol–water partition coefficient (Wildman–Crippen LogP) is 2.65. The van der Waals surface area contributed by atoms with Crippen LogP contribution in [0.25, 0.3) is 0 Å². The minimum Gasteiger partial charge on any atom is -0.383 e. The molecule has 0 aliphatic carbocycles. The van der Waals surface area contributed by atoms with E-state index in [1.165, 1.54) is 6.07 Å². The Morgan fingerprint density at radius 2 is 2.20 bits per heavy atom. The summed E-state index contributed by atoms with van der Waals surface area (Å²) in [5.41, 5.74) is 0.728. The SMILES string of the molecule is CNc1ccc(C(=O)N2CCCC[C@H]2C)cc1[N+](=O)[O-]. The van der Waals surface area contributed by atoms with Crippen molar-refractivity contribution in [1.29, 1.82) is 0 Å². The number of hydrogen-bond acceptors (Lipinski definition) is 4. The number of nitrogens with one attached hydrogen (secondary N) is 1. The van der Waals surface area contributed by atoms with Crippen molar-refractivity contribution in [2.75, 3.05) is 18.9 Å². The molecule has 1 saturated heterocycles. The molecule has 6 heteroatoms. The van der Waals surface area contributed by atoms with Crippen LogP contribution >= 0.6 is 0 Å². The average Bonchev–Trinajstić information content (AvgIpc) is 2.46. The van der Waals surface area contributed by atoms with Gasteiger partial charge in [0, 0.05) is 31.3 Å². The van der Waals surface area contributed by atoms with Gasteiger partial charge in [0.05, 0.1) is 4.92 Å². The van der Waals surface area contributed by atoms with Crippen LogP contribution in [0.15, 0.2) is 18.2 Å². The molecule has 0 spiro atoms. The van der Waals surface area contributed by atoms with E-state index >= 15 is 0 Å². The second-order valence-corrected chi connectivity index (χ2v) is 5.08. The normalized spacial score (nSPS) is 18.7. The van der Waals surface area contributed by atoms with E-state index in [2.05, 4.69) is 5.32 Å². The fraction of sp³-hybridized carbons (Fsp3) is 0.500. The maximum Gasteiger partial charge on any atom is 0.293 e. The molecule has 1 atom stereocenters. The van der Waals surface area contributed by atoms with Crippen molar-refractivity contribution in [3.8, 4) is 0 Å². The Morgan fingerprint density at radius 1 is 1.45 bits per heavy atom. The molecule has 1 aliphatic heterocycles. The topological polar surface area (TPSA) is 75.5 Å². The largest absolute Gasteiger partial charge is 0.383 e. The van der Waals surface area contributed by atoms with Gasteiger partial charge in [0.15, 0.2) is 0 Å². The van der Waals surface area contributed by atoms with E-state index < -0.39 is 4.92 Å². The summed E-state index contributed by atoms with van der Waals surface area (Å²) in [5.74, 6) is -0.122. The highest BCUT2D eigenvalue weighted by atomic mass is 16.6. The molecule has 1 fully saturated rings. The lowest BCUT2D eigenvalue weighted by atomic mass is 10.0. The summed E-state index contributed by atoms with van der Waals surface area (Å²) < 4.78 is 0. The van der Waals surface area contributed by atoms with Crippen molar-refractivity contribution in [2.24, 2.45) is 0 Å². The second kappa shape index (κ2) is 5.90. The minimum absolute atomic E-state index is 0.0667. The quantitative estimate of drug-likeness (QED) is 0.680. The minimum atomic E-state index is -0.470. The van der Waals surface area contributed by atoms with E-state index in [0.29, 0.717) is 11.3 Å². The van der Waals surface area contributed by atoms with Gasteiger partial charge in [-0.2, -0.15) is 0 Å². The molecule has 1 aromatic rings. The molecule has 6 nitrogen and oxygen atoms in total. The van der Waals surface area contributed by atoms with Crippen molar-refractivity contribution in [3.63, 3.8) is 0 Å². The second-order valence-electron chi connectivity index (χ2n) is 5.08. The van der Waals surface area contributed by atoms with Gasteiger partial charge in [-0.1, -0.05) is 0 Å². The summed E-state index contributed by atoms with van der Waals surface area (Å²) in [6, 6.07) is 4.78. The zero-order chi connectivity index (χ0) is 14.7. The third kappa shape index (κ3) is 2.74. The van der Waals surface area contributed by atoms with Crippen LogP contribution in [0.4, 0.5) is 11.4 Å². The first kappa shape index (κ1) is 14.3.